The van der Waals surface area contributed by atoms with Crippen molar-refractivity contribution in [2.24, 2.45) is 0 Å². The molecule has 9 nitrogen and oxygen atoms in total. The van der Waals surface area contributed by atoms with Crippen LogP contribution in [0.15, 0.2) is 42.6 Å². The van der Waals surface area contributed by atoms with Crippen molar-refractivity contribution in [3.63, 3.8) is 0 Å². The number of benzene rings is 2. The molecular weight excluding hydrogens is 546 g/mol. The SMILES string of the molecule is CN1Cc2c(C#CC(C)(C)O)ccc(Nc3nc(Nc4ccc(CO[P+](C)=O)cc4)ncc3C(F)(F)F)c2C1=O. The van der Waals surface area contributed by atoms with Crippen molar-refractivity contribution in [1.82, 2.24) is 14.9 Å². The highest BCUT2D eigenvalue weighted by Gasteiger charge is 2.36. The molecular formula is C27H26F3N5O4P+. The first kappa shape index (κ1) is 29.0. The summed E-state index contributed by atoms with van der Waals surface area (Å²) in [4.78, 5) is 22.3. The molecule has 1 amide bonds. The molecule has 0 spiro atoms. The molecule has 2 heterocycles. The standard InChI is InChI=1S/C27H25F3N5O4P/c1-26(2,37)12-11-17-7-10-21(22-19(17)14-35(3)24(22)36)33-23-20(27(28,29)30)13-31-25(34-23)32-18-8-5-16(6-9-18)15-39-40(4)38/h5-10,13,37H,14-15H2,1-4H3,(H-,31,32,33,34,36)/p+1. The number of nitrogens with one attached hydrogen (secondary N) is 2. The van der Waals surface area contributed by atoms with Crippen LogP contribution in [-0.4, -0.2) is 45.2 Å². The van der Waals surface area contributed by atoms with Crippen molar-refractivity contribution in [2.45, 2.75) is 38.8 Å². The summed E-state index contributed by atoms with van der Waals surface area (Å²) in [6.45, 7) is 4.84. The quantitative estimate of drug-likeness (QED) is 0.248. The summed E-state index contributed by atoms with van der Waals surface area (Å²) in [6.07, 6.45) is -4.11. The van der Waals surface area contributed by atoms with E-state index in [1.54, 1.807) is 37.4 Å². The Hall–Kier alpha value is -4.04. The number of carbonyl (C=O) groups excluding carboxylic acids is 1. The molecule has 0 saturated heterocycles. The molecule has 1 aromatic heterocycles. The number of hydrogen-bond donors (Lipinski definition) is 3. The summed E-state index contributed by atoms with van der Waals surface area (Å²) in [5.74, 6) is 4.53. The van der Waals surface area contributed by atoms with Crippen LogP contribution in [0.3, 0.4) is 0 Å². The van der Waals surface area contributed by atoms with Crippen LogP contribution in [0.1, 0.15) is 46.5 Å². The van der Waals surface area contributed by atoms with E-state index in [0.29, 0.717) is 23.0 Å². The number of nitrogens with zero attached hydrogens (tertiary/aromatic N) is 3. The van der Waals surface area contributed by atoms with Gasteiger partial charge in [-0.1, -0.05) is 24.0 Å². The van der Waals surface area contributed by atoms with Gasteiger partial charge in [0.25, 0.3) is 5.91 Å². The van der Waals surface area contributed by atoms with Crippen LogP contribution in [-0.2, 0) is 28.4 Å². The molecule has 0 saturated carbocycles. The Morgan fingerprint density at radius 3 is 2.48 bits per heavy atom. The minimum absolute atomic E-state index is 0.108. The van der Waals surface area contributed by atoms with E-state index < -0.39 is 31.2 Å². The van der Waals surface area contributed by atoms with E-state index in [4.69, 9.17) is 4.52 Å². The van der Waals surface area contributed by atoms with Crippen LogP contribution in [0, 0.1) is 11.8 Å². The van der Waals surface area contributed by atoms with Crippen molar-refractivity contribution in [3.05, 3.63) is 70.4 Å². The molecule has 4 rings (SSSR count). The zero-order valence-corrected chi connectivity index (χ0v) is 22.9. The Balaban J connectivity index is 1.68. The van der Waals surface area contributed by atoms with Gasteiger partial charge in [0.05, 0.1) is 11.3 Å². The zero-order valence-electron chi connectivity index (χ0n) is 22.1. The van der Waals surface area contributed by atoms with E-state index in [9.17, 15) is 27.6 Å². The van der Waals surface area contributed by atoms with Gasteiger partial charge in [-0.25, -0.2) is 4.98 Å². The lowest BCUT2D eigenvalue weighted by molar-refractivity contribution is -0.137. The highest BCUT2D eigenvalue weighted by molar-refractivity contribution is 7.38. The second-order valence-electron chi connectivity index (χ2n) is 9.60. The van der Waals surface area contributed by atoms with E-state index in [0.717, 1.165) is 5.56 Å². The molecule has 0 radical (unpaired) electrons. The third kappa shape index (κ3) is 6.93. The van der Waals surface area contributed by atoms with E-state index in [-0.39, 0.29) is 36.3 Å². The summed E-state index contributed by atoms with van der Waals surface area (Å²) in [6, 6.07) is 9.77. The molecule has 40 heavy (non-hydrogen) atoms. The molecule has 1 atom stereocenters. The molecule has 0 bridgehead atoms. The highest BCUT2D eigenvalue weighted by atomic mass is 31.1. The lowest BCUT2D eigenvalue weighted by Crippen LogP contribution is -2.18. The lowest BCUT2D eigenvalue weighted by atomic mass is 10.00. The first-order valence-electron chi connectivity index (χ1n) is 12.0. The second-order valence-corrected chi connectivity index (χ2v) is 10.7. The normalized spacial score (nSPS) is 13.4. The number of rotatable bonds is 7. The molecule has 3 N–H and O–H groups in total. The van der Waals surface area contributed by atoms with Gasteiger partial charge in [0, 0.05) is 36.6 Å². The van der Waals surface area contributed by atoms with Crippen LogP contribution in [0.2, 0.25) is 0 Å². The van der Waals surface area contributed by atoms with Gasteiger partial charge in [-0.2, -0.15) is 18.2 Å². The highest BCUT2D eigenvalue weighted by Crippen LogP contribution is 2.38. The van der Waals surface area contributed by atoms with Gasteiger partial charge >= 0.3 is 14.2 Å². The average Bonchev–Trinajstić information content (AvgIpc) is 3.16. The van der Waals surface area contributed by atoms with Crippen LogP contribution >= 0.6 is 8.03 Å². The minimum atomic E-state index is -4.77. The molecule has 13 heteroatoms. The van der Waals surface area contributed by atoms with E-state index in [1.807, 2.05) is 0 Å². The van der Waals surface area contributed by atoms with Gasteiger partial charge in [-0.05, 0) is 48.2 Å². The summed E-state index contributed by atoms with van der Waals surface area (Å²) in [5.41, 5.74) is 0.207. The minimum Gasteiger partial charge on any atom is -0.378 e. The Morgan fingerprint density at radius 2 is 1.85 bits per heavy atom. The maximum atomic E-state index is 13.9. The van der Waals surface area contributed by atoms with Gasteiger partial charge in [0.1, 0.15) is 23.6 Å². The van der Waals surface area contributed by atoms with Crippen molar-refractivity contribution < 1.29 is 32.2 Å². The van der Waals surface area contributed by atoms with Gasteiger partial charge in [0.15, 0.2) is 6.66 Å². The number of carbonyl (C=O) groups is 1. The first-order valence-corrected chi connectivity index (χ1v) is 13.6. The van der Waals surface area contributed by atoms with Crippen LogP contribution in [0.4, 0.5) is 36.3 Å². The van der Waals surface area contributed by atoms with Crippen LogP contribution in [0.25, 0.3) is 0 Å². The topological polar surface area (TPSA) is 117 Å². The zero-order chi connectivity index (χ0) is 29.2. The summed E-state index contributed by atoms with van der Waals surface area (Å²) < 4.78 is 57.9. The van der Waals surface area contributed by atoms with Gasteiger partial charge < -0.3 is 20.6 Å². The summed E-state index contributed by atoms with van der Waals surface area (Å²) in [5, 5.41) is 15.5. The summed E-state index contributed by atoms with van der Waals surface area (Å²) >= 11 is 0. The summed E-state index contributed by atoms with van der Waals surface area (Å²) in [7, 11) is -0.174. The van der Waals surface area contributed by atoms with Crippen LogP contribution < -0.4 is 10.6 Å². The van der Waals surface area contributed by atoms with E-state index in [2.05, 4.69) is 32.4 Å². The predicted molar refractivity (Wildman–Crippen MR) is 144 cm³/mol. The molecule has 1 unspecified atom stereocenters. The fourth-order valence-corrected chi connectivity index (χ4v) is 4.18. The average molecular weight is 573 g/mol. The first-order chi connectivity index (χ1) is 18.7. The fraction of sp³-hybridized carbons (Fsp3) is 0.296. The van der Waals surface area contributed by atoms with E-state index in [1.165, 1.54) is 31.5 Å². The predicted octanol–water partition coefficient (Wildman–Crippen LogP) is 5.58. The van der Waals surface area contributed by atoms with Crippen molar-refractivity contribution in [1.29, 1.82) is 0 Å². The third-order valence-corrected chi connectivity index (χ3v) is 6.23. The number of anilines is 4. The van der Waals surface area contributed by atoms with Gasteiger partial charge in [0.2, 0.25) is 5.95 Å². The maximum Gasteiger partial charge on any atom is 0.505 e. The Kier molecular flexibility index (Phi) is 8.12. The number of alkyl halides is 3. The molecule has 0 fully saturated rings. The second kappa shape index (κ2) is 11.2. The molecule has 208 valence electrons. The lowest BCUT2D eigenvalue weighted by Gasteiger charge is -2.17. The number of aliphatic hydroxyl groups is 1. The molecule has 0 aliphatic carbocycles. The fourth-order valence-electron chi connectivity index (χ4n) is 3.85. The third-order valence-electron chi connectivity index (χ3n) is 5.74. The number of halogens is 3. The number of aromatic nitrogens is 2. The number of amides is 1. The Morgan fingerprint density at radius 1 is 1.15 bits per heavy atom. The number of hydrogen-bond acceptors (Lipinski definition) is 8. The van der Waals surface area contributed by atoms with Gasteiger partial charge in [-0.3, -0.25) is 4.79 Å². The Bertz CT molecular complexity index is 1530. The van der Waals surface area contributed by atoms with Crippen LogP contribution in [0.5, 0.6) is 0 Å². The van der Waals surface area contributed by atoms with Crippen molar-refractivity contribution in [2.75, 3.05) is 24.3 Å². The molecule has 1 aliphatic rings. The number of fused-ring (bicyclic) bond motifs is 1. The van der Waals surface area contributed by atoms with Crippen molar-refractivity contribution in [3.8, 4) is 11.8 Å². The monoisotopic (exact) mass is 572 g/mol. The molecule has 1 aliphatic heterocycles. The van der Waals surface area contributed by atoms with Gasteiger partial charge in [-0.15, -0.1) is 4.52 Å². The largest absolute Gasteiger partial charge is 0.505 e. The van der Waals surface area contributed by atoms with E-state index >= 15 is 0 Å². The molecule has 3 aromatic rings. The maximum absolute atomic E-state index is 13.9. The smallest absolute Gasteiger partial charge is 0.378 e. The molecule has 2 aromatic carbocycles. The Labute approximate surface area is 229 Å². The van der Waals surface area contributed by atoms with Crippen molar-refractivity contribution >= 4 is 37.1 Å².